The van der Waals surface area contributed by atoms with Crippen LogP contribution in [0, 0.1) is 5.92 Å². The van der Waals surface area contributed by atoms with Crippen LogP contribution in [0.25, 0.3) is 0 Å². The van der Waals surface area contributed by atoms with Crippen LogP contribution in [-0.2, 0) is 6.54 Å². The molecule has 3 nitrogen and oxygen atoms in total. The molecule has 1 aliphatic rings. The van der Waals surface area contributed by atoms with Crippen LogP contribution in [0.2, 0.25) is 0 Å². The van der Waals surface area contributed by atoms with E-state index in [-0.39, 0.29) is 0 Å². The average molecular weight is 194 g/mol. The smallest absolute Gasteiger partial charge is 0.117 e. The Morgan fingerprint density at radius 2 is 2.43 bits per heavy atom. The number of hydrogen-bond acceptors (Lipinski definition) is 3. The summed E-state index contributed by atoms with van der Waals surface area (Å²) >= 11 is 0. The van der Waals surface area contributed by atoms with Crippen LogP contribution >= 0.6 is 0 Å². The number of furan rings is 1. The molecule has 78 valence electrons. The van der Waals surface area contributed by atoms with Crippen molar-refractivity contribution in [3.8, 4) is 0 Å². The van der Waals surface area contributed by atoms with Gasteiger partial charge in [-0.15, -0.1) is 0 Å². The van der Waals surface area contributed by atoms with Gasteiger partial charge >= 0.3 is 0 Å². The zero-order valence-corrected chi connectivity index (χ0v) is 8.65. The molecule has 1 aromatic rings. The summed E-state index contributed by atoms with van der Waals surface area (Å²) in [5.74, 6) is 1.84. The molecule has 1 fully saturated rings. The zero-order valence-electron chi connectivity index (χ0n) is 8.65. The first-order valence-electron chi connectivity index (χ1n) is 5.24. The van der Waals surface area contributed by atoms with E-state index in [0.717, 1.165) is 24.8 Å². The maximum absolute atomic E-state index is 5.77. The Kier molecular flexibility index (Phi) is 2.89. The third-order valence-corrected chi connectivity index (χ3v) is 2.96. The van der Waals surface area contributed by atoms with E-state index in [1.807, 2.05) is 12.1 Å². The molecule has 2 N–H and O–H groups in total. The summed E-state index contributed by atoms with van der Waals surface area (Å²) in [4.78, 5) is 2.30. The van der Waals surface area contributed by atoms with Crippen molar-refractivity contribution in [2.24, 2.45) is 11.7 Å². The normalized spacial score (nSPS) is 18.8. The molecule has 0 amide bonds. The van der Waals surface area contributed by atoms with E-state index in [1.54, 1.807) is 6.26 Å². The van der Waals surface area contributed by atoms with Crippen molar-refractivity contribution < 1.29 is 4.42 Å². The van der Waals surface area contributed by atoms with E-state index < -0.39 is 0 Å². The zero-order chi connectivity index (χ0) is 9.97. The molecular formula is C11H18N2O. The topological polar surface area (TPSA) is 42.4 Å². The predicted octanol–water partition coefficient (Wildman–Crippen LogP) is 1.45. The molecule has 1 atom stereocenters. The minimum atomic E-state index is 0.528. The maximum atomic E-state index is 5.77. The molecule has 0 aromatic carbocycles. The van der Waals surface area contributed by atoms with Gasteiger partial charge in [-0.2, -0.15) is 0 Å². The summed E-state index contributed by atoms with van der Waals surface area (Å²) in [5.41, 5.74) is 5.77. The standard InChI is InChI=1S/C11H18N2O/c1-13(8-10-3-2-6-14-10)11(7-12)9-4-5-9/h2-3,6,9,11H,4-5,7-8,12H2,1H3. The van der Waals surface area contributed by atoms with Crippen LogP contribution in [0.4, 0.5) is 0 Å². The van der Waals surface area contributed by atoms with E-state index >= 15 is 0 Å². The Morgan fingerprint density at radius 3 is 2.93 bits per heavy atom. The summed E-state index contributed by atoms with van der Waals surface area (Å²) < 4.78 is 5.32. The first kappa shape index (κ1) is 9.74. The molecule has 1 aliphatic carbocycles. The van der Waals surface area contributed by atoms with Crippen molar-refractivity contribution in [1.82, 2.24) is 4.90 Å². The van der Waals surface area contributed by atoms with Gasteiger partial charge in [-0.1, -0.05) is 0 Å². The van der Waals surface area contributed by atoms with E-state index in [2.05, 4.69) is 11.9 Å². The van der Waals surface area contributed by atoms with Crippen LogP contribution in [0.3, 0.4) is 0 Å². The predicted molar refractivity (Wildman–Crippen MR) is 55.7 cm³/mol. The quantitative estimate of drug-likeness (QED) is 0.771. The van der Waals surface area contributed by atoms with E-state index in [4.69, 9.17) is 10.2 Å². The fourth-order valence-electron chi connectivity index (χ4n) is 1.98. The van der Waals surface area contributed by atoms with Gasteiger partial charge in [0.2, 0.25) is 0 Å². The maximum Gasteiger partial charge on any atom is 0.117 e. The number of hydrogen-bond donors (Lipinski definition) is 1. The van der Waals surface area contributed by atoms with Gasteiger partial charge in [0.1, 0.15) is 5.76 Å². The van der Waals surface area contributed by atoms with Gasteiger partial charge in [-0.25, -0.2) is 0 Å². The summed E-state index contributed by atoms with van der Waals surface area (Å²) in [5, 5.41) is 0. The molecule has 1 aromatic heterocycles. The second-order valence-corrected chi connectivity index (χ2v) is 4.13. The van der Waals surface area contributed by atoms with Gasteiger partial charge in [0.25, 0.3) is 0 Å². The Labute approximate surface area is 84.9 Å². The highest BCUT2D eigenvalue weighted by molar-refractivity contribution is 4.99. The second-order valence-electron chi connectivity index (χ2n) is 4.13. The third kappa shape index (κ3) is 2.16. The van der Waals surface area contributed by atoms with Crippen molar-refractivity contribution in [1.29, 1.82) is 0 Å². The van der Waals surface area contributed by atoms with Crippen molar-refractivity contribution in [3.05, 3.63) is 24.2 Å². The van der Waals surface area contributed by atoms with Crippen molar-refractivity contribution in [2.45, 2.75) is 25.4 Å². The molecule has 0 radical (unpaired) electrons. The minimum Gasteiger partial charge on any atom is -0.468 e. The Balaban J connectivity index is 1.90. The van der Waals surface area contributed by atoms with Gasteiger partial charge in [0.15, 0.2) is 0 Å². The number of nitrogens with two attached hydrogens (primary N) is 1. The molecule has 0 aliphatic heterocycles. The average Bonchev–Trinajstić information content (AvgIpc) is 2.86. The van der Waals surface area contributed by atoms with Crippen LogP contribution < -0.4 is 5.73 Å². The lowest BCUT2D eigenvalue weighted by atomic mass is 10.1. The van der Waals surface area contributed by atoms with Gasteiger partial charge in [-0.3, -0.25) is 4.90 Å². The van der Waals surface area contributed by atoms with E-state index in [0.29, 0.717) is 6.04 Å². The SMILES string of the molecule is CN(Cc1ccco1)C(CN)C1CC1. The fraction of sp³-hybridized carbons (Fsp3) is 0.636. The molecule has 1 heterocycles. The molecule has 1 unspecified atom stereocenters. The third-order valence-electron chi connectivity index (χ3n) is 2.96. The molecule has 3 heteroatoms. The summed E-state index contributed by atoms with van der Waals surface area (Å²) in [6, 6.07) is 4.47. The molecule has 0 spiro atoms. The molecule has 2 rings (SSSR count). The molecule has 0 saturated heterocycles. The highest BCUT2D eigenvalue weighted by atomic mass is 16.3. The van der Waals surface area contributed by atoms with E-state index in [9.17, 15) is 0 Å². The van der Waals surface area contributed by atoms with E-state index in [1.165, 1.54) is 12.8 Å². The minimum absolute atomic E-state index is 0.528. The second kappa shape index (κ2) is 4.15. The number of likely N-dealkylation sites (N-methyl/N-ethyl adjacent to an activating group) is 1. The highest BCUT2D eigenvalue weighted by Crippen LogP contribution is 2.34. The lowest BCUT2D eigenvalue weighted by Gasteiger charge is -2.25. The fourth-order valence-corrected chi connectivity index (χ4v) is 1.98. The number of nitrogens with zero attached hydrogens (tertiary/aromatic N) is 1. The molecular weight excluding hydrogens is 176 g/mol. The molecule has 1 saturated carbocycles. The van der Waals surface area contributed by atoms with Crippen molar-refractivity contribution in [2.75, 3.05) is 13.6 Å². The number of rotatable bonds is 5. The van der Waals surface area contributed by atoms with Gasteiger partial charge in [-0.05, 0) is 37.9 Å². The van der Waals surface area contributed by atoms with Crippen LogP contribution in [0.5, 0.6) is 0 Å². The first-order chi connectivity index (χ1) is 6.81. The van der Waals surface area contributed by atoms with Crippen LogP contribution in [-0.4, -0.2) is 24.5 Å². The summed E-state index contributed by atoms with van der Waals surface area (Å²) in [6.07, 6.45) is 4.40. The Bertz CT molecular complexity index is 267. The highest BCUT2D eigenvalue weighted by Gasteiger charge is 2.32. The largest absolute Gasteiger partial charge is 0.468 e. The van der Waals surface area contributed by atoms with Crippen molar-refractivity contribution in [3.63, 3.8) is 0 Å². The first-order valence-corrected chi connectivity index (χ1v) is 5.24. The molecule has 14 heavy (non-hydrogen) atoms. The molecule has 0 bridgehead atoms. The summed E-state index contributed by atoms with van der Waals surface area (Å²) in [7, 11) is 2.12. The lowest BCUT2D eigenvalue weighted by molar-refractivity contribution is 0.200. The van der Waals surface area contributed by atoms with Gasteiger partial charge < -0.3 is 10.2 Å². The lowest BCUT2D eigenvalue weighted by Crippen LogP contribution is -2.39. The monoisotopic (exact) mass is 194 g/mol. The van der Waals surface area contributed by atoms with Crippen molar-refractivity contribution >= 4 is 0 Å². The van der Waals surface area contributed by atoms with Gasteiger partial charge in [0.05, 0.1) is 12.8 Å². The Hall–Kier alpha value is -0.800. The summed E-state index contributed by atoms with van der Waals surface area (Å²) in [6.45, 7) is 1.62. The van der Waals surface area contributed by atoms with Crippen LogP contribution in [0.15, 0.2) is 22.8 Å². The van der Waals surface area contributed by atoms with Gasteiger partial charge in [0, 0.05) is 12.6 Å². The Morgan fingerprint density at radius 1 is 1.64 bits per heavy atom. The van der Waals surface area contributed by atoms with Crippen LogP contribution in [0.1, 0.15) is 18.6 Å².